The highest BCUT2D eigenvalue weighted by Gasteiger charge is 2.25. The van der Waals surface area contributed by atoms with Crippen LogP contribution in [0.5, 0.6) is 0 Å². The smallest absolute Gasteiger partial charge is 0.129 e. The van der Waals surface area contributed by atoms with Gasteiger partial charge in [-0.05, 0) is 33.6 Å². The third-order valence-corrected chi connectivity index (χ3v) is 6.42. The first-order valence-electron chi connectivity index (χ1n) is 5.54. The van der Waals surface area contributed by atoms with Gasteiger partial charge in [-0.25, -0.2) is 4.99 Å². The lowest BCUT2D eigenvalue weighted by Gasteiger charge is -2.12. The number of ether oxygens (including phenoxy) is 1. The first-order chi connectivity index (χ1) is 8.08. The van der Waals surface area contributed by atoms with Crippen molar-refractivity contribution in [3.63, 3.8) is 0 Å². The minimum atomic E-state index is -0.221. The summed E-state index contributed by atoms with van der Waals surface area (Å²) >= 11 is 1.56. The van der Waals surface area contributed by atoms with Crippen molar-refractivity contribution in [1.82, 2.24) is 0 Å². The molecule has 0 unspecified atom stereocenters. The maximum absolute atomic E-state index is 5.57. The summed E-state index contributed by atoms with van der Waals surface area (Å²) in [6.45, 7) is 6.54. The molecule has 0 amide bonds. The quantitative estimate of drug-likeness (QED) is 0.821. The molecule has 0 aliphatic carbocycles. The highest BCUT2D eigenvalue weighted by Crippen LogP contribution is 2.46. The van der Waals surface area contributed by atoms with Crippen LogP contribution in [0.3, 0.4) is 0 Å². The van der Waals surface area contributed by atoms with Crippen LogP contribution in [0, 0.1) is 0 Å². The van der Waals surface area contributed by atoms with Crippen LogP contribution in [-0.2, 0) is 4.74 Å². The highest BCUT2D eigenvalue weighted by atomic mass is 127. The third-order valence-electron chi connectivity index (χ3n) is 2.55. The van der Waals surface area contributed by atoms with Crippen molar-refractivity contribution < 1.29 is 4.74 Å². The molecule has 1 aromatic rings. The minimum Gasteiger partial charge on any atom is -0.387 e. The molecule has 0 fully saturated rings. The highest BCUT2D eigenvalue weighted by molar-refractivity contribution is 14.2. The predicted octanol–water partition coefficient (Wildman–Crippen LogP) is 4.07. The Labute approximate surface area is 116 Å². The fourth-order valence-corrected chi connectivity index (χ4v) is 5.49. The zero-order valence-electron chi connectivity index (χ0n) is 10.7. The number of aliphatic imine (C=N–C) groups is 1. The molecule has 5 heteroatoms. The first kappa shape index (κ1) is 13.2. The lowest BCUT2D eigenvalue weighted by atomic mass is 10.1. The summed E-state index contributed by atoms with van der Waals surface area (Å²) in [6.07, 6.45) is 0. The number of nitrogens with zero attached hydrogens (tertiary/aromatic N) is 1. The molecule has 2 rings (SSSR count). The van der Waals surface area contributed by atoms with Gasteiger partial charge in [-0.2, -0.15) is 0 Å². The number of anilines is 1. The van der Waals surface area contributed by atoms with Gasteiger partial charge in [0.1, 0.15) is 8.70 Å². The van der Waals surface area contributed by atoms with Crippen LogP contribution in [0.4, 0.5) is 10.7 Å². The van der Waals surface area contributed by atoms with Crippen molar-refractivity contribution in [2.24, 2.45) is 4.99 Å². The van der Waals surface area contributed by atoms with E-state index in [1.54, 1.807) is 18.4 Å². The zero-order valence-corrected chi connectivity index (χ0v) is 13.7. The van der Waals surface area contributed by atoms with E-state index >= 15 is 0 Å². The molecule has 0 bridgehead atoms. The number of hydrogen-bond acceptors (Lipinski definition) is 4. The molecule has 17 heavy (non-hydrogen) atoms. The van der Waals surface area contributed by atoms with Gasteiger partial charge in [0.25, 0.3) is 0 Å². The lowest BCUT2D eigenvalue weighted by molar-refractivity contribution is 0.417. The van der Waals surface area contributed by atoms with Crippen LogP contribution in [-0.4, -0.2) is 21.6 Å². The van der Waals surface area contributed by atoms with E-state index in [1.807, 2.05) is 7.05 Å². The Hall–Kier alpha value is -0.270. The third kappa shape index (κ3) is 2.32. The summed E-state index contributed by atoms with van der Waals surface area (Å²) in [5.41, 5.74) is 2.43. The van der Waals surface area contributed by atoms with Gasteiger partial charge in [0.15, 0.2) is 0 Å². The fourth-order valence-electron chi connectivity index (χ4n) is 1.83. The molecule has 3 nitrogen and oxygen atoms in total. The SMILES string of the molecule is CNc1c(C(C)C)sc2c1C(OC)=IC(C)=N2. The van der Waals surface area contributed by atoms with Crippen molar-refractivity contribution in [2.45, 2.75) is 26.7 Å². The van der Waals surface area contributed by atoms with Crippen LogP contribution in [0.2, 0.25) is 0 Å². The standard InChI is InChI=1S/C12H17IN2OS/c1-6(2)10-9(14-4)8-11(16-5)13-7(3)15-12(8)17-10/h6,14H,1-5H3. The van der Waals surface area contributed by atoms with Gasteiger partial charge in [0, 0.05) is 19.0 Å². The Morgan fingerprint density at radius 1 is 1.41 bits per heavy atom. The number of rotatable bonds is 3. The number of halogens is 1. The Kier molecular flexibility index (Phi) is 3.99. The second-order valence-corrected chi connectivity index (χ2v) is 8.22. The lowest BCUT2D eigenvalue weighted by Crippen LogP contribution is -2.07. The summed E-state index contributed by atoms with van der Waals surface area (Å²) in [5, 5.41) is 4.43. The van der Waals surface area contributed by atoms with E-state index in [4.69, 9.17) is 9.73 Å². The predicted molar refractivity (Wildman–Crippen MR) is 85.9 cm³/mol. The first-order valence-corrected chi connectivity index (χ1v) is 8.51. The Morgan fingerprint density at radius 2 is 2.12 bits per heavy atom. The average Bonchev–Trinajstić information content (AvgIpc) is 2.66. The maximum Gasteiger partial charge on any atom is 0.129 e. The van der Waals surface area contributed by atoms with E-state index in [2.05, 4.69) is 26.1 Å². The van der Waals surface area contributed by atoms with Gasteiger partial charge in [-0.3, -0.25) is 0 Å². The van der Waals surface area contributed by atoms with Crippen molar-refractivity contribution in [3.8, 4) is 0 Å². The second-order valence-electron chi connectivity index (χ2n) is 4.11. The van der Waals surface area contributed by atoms with Crippen LogP contribution in [0.25, 0.3) is 0 Å². The molecule has 1 aliphatic rings. The fraction of sp³-hybridized carbons (Fsp3) is 0.500. The number of methoxy groups -OCH3 is 1. The zero-order chi connectivity index (χ0) is 12.6. The molecule has 1 N–H and O–H groups in total. The Balaban J connectivity index is 2.66. The number of nitrogens with one attached hydrogen (secondary N) is 1. The van der Waals surface area contributed by atoms with Crippen molar-refractivity contribution in [2.75, 3.05) is 19.5 Å². The molecule has 0 radical (unpaired) electrons. The molecule has 94 valence electrons. The van der Waals surface area contributed by atoms with Crippen LogP contribution in [0.15, 0.2) is 4.99 Å². The van der Waals surface area contributed by atoms with E-state index in [0.29, 0.717) is 5.92 Å². The van der Waals surface area contributed by atoms with Crippen LogP contribution in [0.1, 0.15) is 37.1 Å². The normalized spacial score (nSPS) is 14.9. The molecule has 2 heterocycles. The molecule has 0 saturated carbocycles. The molecule has 1 aromatic heterocycles. The second kappa shape index (κ2) is 5.16. The van der Waals surface area contributed by atoms with Crippen LogP contribution >= 0.6 is 32.1 Å². The van der Waals surface area contributed by atoms with E-state index in [9.17, 15) is 0 Å². The van der Waals surface area contributed by atoms with E-state index in [0.717, 1.165) is 8.70 Å². The maximum atomic E-state index is 5.57. The van der Waals surface area contributed by atoms with Gasteiger partial charge < -0.3 is 10.1 Å². The Morgan fingerprint density at radius 3 is 2.65 bits per heavy atom. The van der Waals surface area contributed by atoms with Gasteiger partial charge in [0.2, 0.25) is 0 Å². The summed E-state index contributed by atoms with van der Waals surface area (Å²) < 4.78 is 7.94. The Bertz CT molecular complexity index is 503. The van der Waals surface area contributed by atoms with Gasteiger partial charge >= 0.3 is 0 Å². The molecule has 1 aliphatic heterocycles. The number of thiophene rings is 1. The summed E-state index contributed by atoms with van der Waals surface area (Å²) in [6, 6.07) is 0. The number of hydrogen-bond donors (Lipinski definition) is 1. The van der Waals surface area contributed by atoms with Gasteiger partial charge in [0.05, 0.1) is 15.0 Å². The van der Waals surface area contributed by atoms with Crippen molar-refractivity contribution in [1.29, 1.82) is 0 Å². The average molecular weight is 364 g/mol. The minimum absolute atomic E-state index is 0.221. The molecule has 0 aromatic carbocycles. The van der Waals surface area contributed by atoms with E-state index in [1.165, 1.54) is 19.8 Å². The monoisotopic (exact) mass is 364 g/mol. The largest absolute Gasteiger partial charge is 0.387 e. The van der Waals surface area contributed by atoms with Gasteiger partial charge in [-0.1, -0.05) is 13.8 Å². The molecule has 0 atom stereocenters. The molecule has 0 saturated heterocycles. The van der Waals surface area contributed by atoms with Crippen molar-refractivity contribution in [3.05, 3.63) is 10.4 Å². The summed E-state index contributed by atoms with van der Waals surface area (Å²) in [5.74, 6) is 0.514. The number of fused-ring (bicyclic) bond motifs is 1. The molecular formula is C12H17IN2OS. The topological polar surface area (TPSA) is 33.6 Å². The van der Waals surface area contributed by atoms with Crippen LogP contribution < -0.4 is 5.32 Å². The molecule has 0 spiro atoms. The van der Waals surface area contributed by atoms with Crippen molar-refractivity contribution >= 4 is 50.2 Å². The van der Waals surface area contributed by atoms with E-state index in [-0.39, 0.29) is 20.7 Å². The molecular weight excluding hydrogens is 347 g/mol. The summed E-state index contributed by atoms with van der Waals surface area (Å²) in [4.78, 5) is 6.07. The van der Waals surface area contributed by atoms with Gasteiger partial charge in [-0.15, -0.1) is 11.3 Å². The van der Waals surface area contributed by atoms with E-state index < -0.39 is 0 Å². The summed E-state index contributed by atoms with van der Waals surface area (Å²) in [7, 11) is 3.74.